The Morgan fingerprint density at radius 3 is 2.26 bits per heavy atom. The van der Waals surface area contributed by atoms with Crippen molar-refractivity contribution in [2.45, 2.75) is 51.7 Å². The van der Waals surface area contributed by atoms with Gasteiger partial charge in [-0.05, 0) is 31.2 Å². The molecule has 0 heterocycles. The number of benzene rings is 1. The van der Waals surface area contributed by atoms with Crippen molar-refractivity contribution in [1.29, 1.82) is 0 Å². The van der Waals surface area contributed by atoms with E-state index in [2.05, 4.69) is 16.0 Å². The lowest BCUT2D eigenvalue weighted by Gasteiger charge is -2.22. The average molecular weight is 378 g/mol. The molecule has 0 radical (unpaired) electrons. The third-order valence-electron chi connectivity index (χ3n) is 3.93. The van der Waals surface area contributed by atoms with E-state index >= 15 is 0 Å². The number of carboxylic acid groups (broad SMARTS) is 1. The van der Waals surface area contributed by atoms with Crippen LogP contribution in [0.2, 0.25) is 0 Å². The highest BCUT2D eigenvalue weighted by Gasteiger charge is 2.23. The Morgan fingerprint density at radius 2 is 1.70 bits per heavy atom. The van der Waals surface area contributed by atoms with Crippen LogP contribution in [0.1, 0.15) is 32.8 Å². The molecule has 8 heteroatoms. The average Bonchev–Trinajstić information content (AvgIpc) is 2.59. The first kappa shape index (κ1) is 22.4. The van der Waals surface area contributed by atoms with Crippen LogP contribution < -0.4 is 21.7 Å². The van der Waals surface area contributed by atoms with Crippen LogP contribution >= 0.6 is 0 Å². The molecule has 0 saturated heterocycles. The van der Waals surface area contributed by atoms with Crippen LogP contribution in [-0.2, 0) is 16.0 Å². The van der Waals surface area contributed by atoms with Crippen molar-refractivity contribution in [1.82, 2.24) is 16.0 Å². The van der Waals surface area contributed by atoms with Gasteiger partial charge in [0, 0.05) is 12.6 Å². The normalized spacial score (nSPS) is 14.1. The molecule has 150 valence electrons. The molecule has 0 spiro atoms. The minimum absolute atomic E-state index is 0.163. The van der Waals surface area contributed by atoms with Crippen molar-refractivity contribution < 1.29 is 19.5 Å². The molecule has 1 rings (SSSR count). The Morgan fingerprint density at radius 1 is 1.07 bits per heavy atom. The molecule has 0 aliphatic rings. The molecule has 0 saturated carbocycles. The molecule has 0 aromatic heterocycles. The summed E-state index contributed by atoms with van der Waals surface area (Å²) in [6.45, 7) is 5.49. The summed E-state index contributed by atoms with van der Waals surface area (Å²) in [7, 11) is 0. The van der Waals surface area contributed by atoms with Crippen molar-refractivity contribution in [3.05, 3.63) is 35.9 Å². The van der Waals surface area contributed by atoms with E-state index < -0.39 is 24.1 Å². The summed E-state index contributed by atoms with van der Waals surface area (Å²) in [5.41, 5.74) is 7.16. The van der Waals surface area contributed by atoms with Crippen LogP contribution in [0.4, 0.5) is 4.79 Å². The smallest absolute Gasteiger partial charge is 0.325 e. The van der Waals surface area contributed by atoms with Gasteiger partial charge in [-0.2, -0.15) is 0 Å². The maximum absolute atomic E-state index is 12.5. The second kappa shape index (κ2) is 11.2. The zero-order chi connectivity index (χ0) is 20.4. The Balaban J connectivity index is 2.55. The lowest BCUT2D eigenvalue weighted by molar-refractivity contribution is -0.138. The molecule has 1 aromatic carbocycles. The second-order valence-corrected chi connectivity index (χ2v) is 7.05. The van der Waals surface area contributed by atoms with Crippen molar-refractivity contribution in [2.24, 2.45) is 11.7 Å². The van der Waals surface area contributed by atoms with E-state index in [0.29, 0.717) is 12.8 Å². The fraction of sp³-hybridized carbons (Fsp3) is 0.526. The van der Waals surface area contributed by atoms with E-state index in [1.54, 1.807) is 0 Å². The first-order valence-corrected chi connectivity index (χ1v) is 9.06. The summed E-state index contributed by atoms with van der Waals surface area (Å²) in [5.74, 6) is -1.33. The number of aliphatic carboxylic acids is 1. The van der Waals surface area contributed by atoms with Crippen LogP contribution in [0, 0.1) is 5.92 Å². The molecule has 27 heavy (non-hydrogen) atoms. The number of nitrogens with one attached hydrogen (secondary N) is 3. The third kappa shape index (κ3) is 9.05. The minimum atomic E-state index is -1.15. The van der Waals surface area contributed by atoms with Gasteiger partial charge < -0.3 is 26.8 Å². The van der Waals surface area contributed by atoms with E-state index in [0.717, 1.165) is 5.56 Å². The van der Waals surface area contributed by atoms with Gasteiger partial charge in [0.2, 0.25) is 5.91 Å². The van der Waals surface area contributed by atoms with E-state index in [4.69, 9.17) is 10.8 Å². The van der Waals surface area contributed by atoms with Crippen LogP contribution in [0.5, 0.6) is 0 Å². The summed E-state index contributed by atoms with van der Waals surface area (Å²) in [5, 5.41) is 16.4. The maximum Gasteiger partial charge on any atom is 0.325 e. The molecular formula is C19H30N4O4. The van der Waals surface area contributed by atoms with E-state index in [-0.39, 0.29) is 24.4 Å². The highest BCUT2D eigenvalue weighted by molar-refractivity contribution is 5.88. The van der Waals surface area contributed by atoms with Gasteiger partial charge in [0.15, 0.2) is 0 Å². The third-order valence-corrected chi connectivity index (χ3v) is 3.93. The summed E-state index contributed by atoms with van der Waals surface area (Å²) in [6.07, 6.45) is 1.05. The predicted molar refractivity (Wildman–Crippen MR) is 103 cm³/mol. The summed E-state index contributed by atoms with van der Waals surface area (Å²) in [6, 6.07) is 6.96. The van der Waals surface area contributed by atoms with Gasteiger partial charge in [-0.1, -0.05) is 44.2 Å². The fourth-order valence-electron chi connectivity index (χ4n) is 2.51. The molecule has 6 N–H and O–H groups in total. The molecule has 8 nitrogen and oxygen atoms in total. The molecule has 0 aliphatic heterocycles. The van der Waals surface area contributed by atoms with Gasteiger partial charge >= 0.3 is 12.0 Å². The van der Waals surface area contributed by atoms with Crippen LogP contribution in [0.15, 0.2) is 30.3 Å². The molecule has 0 fully saturated rings. The zero-order valence-electron chi connectivity index (χ0n) is 16.1. The largest absolute Gasteiger partial charge is 0.480 e. The van der Waals surface area contributed by atoms with Crippen molar-refractivity contribution in [3.63, 3.8) is 0 Å². The number of hydrogen-bond donors (Lipinski definition) is 5. The number of hydrogen-bond acceptors (Lipinski definition) is 4. The number of nitrogens with two attached hydrogens (primary N) is 1. The number of carbonyl (C=O) groups excluding carboxylic acids is 2. The second-order valence-electron chi connectivity index (χ2n) is 7.05. The van der Waals surface area contributed by atoms with E-state index in [1.165, 1.54) is 6.92 Å². The minimum Gasteiger partial charge on any atom is -0.480 e. The van der Waals surface area contributed by atoms with Crippen LogP contribution in [-0.4, -0.2) is 47.7 Å². The van der Waals surface area contributed by atoms with Crippen molar-refractivity contribution >= 4 is 17.9 Å². The molecular weight excluding hydrogens is 348 g/mol. The molecule has 0 aliphatic carbocycles. The Hall–Kier alpha value is -2.61. The van der Waals surface area contributed by atoms with Gasteiger partial charge in [0.25, 0.3) is 0 Å². The predicted octanol–water partition coefficient (Wildman–Crippen LogP) is 0.860. The number of carbonyl (C=O) groups is 3. The number of rotatable bonds is 10. The Bertz CT molecular complexity index is 621. The highest BCUT2D eigenvalue weighted by atomic mass is 16.4. The quantitative estimate of drug-likeness (QED) is 0.412. The first-order chi connectivity index (χ1) is 12.7. The highest BCUT2D eigenvalue weighted by Crippen LogP contribution is 2.06. The first-order valence-electron chi connectivity index (χ1n) is 9.06. The van der Waals surface area contributed by atoms with Gasteiger partial charge in [-0.25, -0.2) is 4.79 Å². The summed E-state index contributed by atoms with van der Waals surface area (Å²) < 4.78 is 0. The SMILES string of the molecule is CC(C)C[C@H](NC(=O)N[C@@H](C)C(=O)O)C(=O)NC[C@H](N)Cc1ccccc1. The molecule has 0 bridgehead atoms. The molecule has 3 amide bonds. The maximum atomic E-state index is 12.5. The topological polar surface area (TPSA) is 134 Å². The number of amides is 3. The molecule has 0 unspecified atom stereocenters. The fourth-order valence-corrected chi connectivity index (χ4v) is 2.51. The number of urea groups is 1. The monoisotopic (exact) mass is 378 g/mol. The van der Waals surface area contributed by atoms with Gasteiger partial charge in [0.05, 0.1) is 0 Å². The van der Waals surface area contributed by atoms with Crippen molar-refractivity contribution in [2.75, 3.05) is 6.54 Å². The van der Waals surface area contributed by atoms with Gasteiger partial charge in [0.1, 0.15) is 12.1 Å². The van der Waals surface area contributed by atoms with Crippen molar-refractivity contribution in [3.8, 4) is 0 Å². The van der Waals surface area contributed by atoms with E-state index in [9.17, 15) is 14.4 Å². The zero-order valence-corrected chi connectivity index (χ0v) is 16.1. The van der Waals surface area contributed by atoms with Crippen LogP contribution in [0.3, 0.4) is 0 Å². The number of carboxylic acids is 1. The summed E-state index contributed by atoms with van der Waals surface area (Å²) >= 11 is 0. The molecule has 3 atom stereocenters. The summed E-state index contributed by atoms with van der Waals surface area (Å²) in [4.78, 5) is 35.2. The van der Waals surface area contributed by atoms with E-state index in [1.807, 2.05) is 44.2 Å². The van der Waals surface area contributed by atoms with Crippen LogP contribution in [0.25, 0.3) is 0 Å². The lowest BCUT2D eigenvalue weighted by atomic mass is 10.0. The Kier molecular flexibility index (Phi) is 9.29. The standard InChI is InChI=1S/C19H30N4O4/c1-12(2)9-16(23-19(27)22-13(3)18(25)26)17(24)21-11-15(20)10-14-7-5-4-6-8-14/h4-8,12-13,15-16H,9-11,20H2,1-3H3,(H,21,24)(H,25,26)(H2,22,23,27)/t13-,15+,16-/m0/s1. The van der Waals surface area contributed by atoms with Gasteiger partial charge in [-0.3, -0.25) is 9.59 Å². The van der Waals surface area contributed by atoms with Gasteiger partial charge in [-0.15, -0.1) is 0 Å². The Labute approximate surface area is 159 Å². The lowest BCUT2D eigenvalue weighted by Crippen LogP contribution is -2.54. The molecule has 1 aromatic rings.